The zero-order chi connectivity index (χ0) is 21.6. The van der Waals surface area contributed by atoms with Crippen LogP contribution >= 0.6 is 11.6 Å². The Bertz CT molecular complexity index is 1100. The predicted octanol–water partition coefficient (Wildman–Crippen LogP) is 3.43. The van der Waals surface area contributed by atoms with Crippen LogP contribution in [0.5, 0.6) is 0 Å². The number of aromatic amines is 1. The number of hydrogen-bond donors (Lipinski definition) is 1. The topological polar surface area (TPSA) is 82.9 Å². The van der Waals surface area contributed by atoms with E-state index in [1.807, 2.05) is 30.9 Å². The maximum atomic E-state index is 12.9. The quantitative estimate of drug-likeness (QED) is 0.670. The fourth-order valence-electron chi connectivity index (χ4n) is 4.65. The van der Waals surface area contributed by atoms with Crippen molar-refractivity contribution < 1.29 is 4.79 Å². The number of carbonyl (C=O) groups is 1. The van der Waals surface area contributed by atoms with E-state index in [1.54, 1.807) is 17.1 Å². The fourth-order valence-corrected chi connectivity index (χ4v) is 4.78. The van der Waals surface area contributed by atoms with Crippen molar-refractivity contribution in [1.82, 2.24) is 29.6 Å². The van der Waals surface area contributed by atoms with Crippen LogP contribution in [0, 0.1) is 5.92 Å². The maximum absolute atomic E-state index is 12.9. The minimum absolute atomic E-state index is 0.0603. The number of nitrogens with zero attached hydrogens (tertiary/aromatic N) is 6. The number of likely N-dealkylation sites (tertiary alicyclic amines) is 1. The Kier molecular flexibility index (Phi) is 5.12. The van der Waals surface area contributed by atoms with Crippen LogP contribution in [0.4, 0.5) is 5.82 Å². The van der Waals surface area contributed by atoms with Crippen LogP contribution < -0.4 is 4.90 Å². The first-order chi connectivity index (χ1) is 14.9. The molecule has 2 fully saturated rings. The third-order valence-electron chi connectivity index (χ3n) is 6.54. The van der Waals surface area contributed by atoms with Gasteiger partial charge in [-0.3, -0.25) is 9.48 Å². The molecule has 9 heteroatoms. The van der Waals surface area contributed by atoms with Gasteiger partial charge in [0.1, 0.15) is 22.7 Å². The number of carbonyl (C=O) groups excluding carboxylic acids is 1. The fraction of sp³-hybridized carbons (Fsp3) is 0.545. The highest BCUT2D eigenvalue weighted by atomic mass is 35.5. The van der Waals surface area contributed by atoms with Crippen LogP contribution in [0.3, 0.4) is 0 Å². The van der Waals surface area contributed by atoms with Gasteiger partial charge in [0, 0.05) is 32.4 Å². The second-order valence-electron chi connectivity index (χ2n) is 9.10. The van der Waals surface area contributed by atoms with E-state index in [0.29, 0.717) is 10.9 Å². The molecule has 0 radical (unpaired) electrons. The molecule has 1 unspecified atom stereocenters. The molecule has 1 atom stereocenters. The lowest BCUT2D eigenvalue weighted by Gasteiger charge is -2.34. The molecule has 0 aromatic carbocycles. The predicted molar refractivity (Wildman–Crippen MR) is 120 cm³/mol. The number of imidazole rings is 1. The summed E-state index contributed by atoms with van der Waals surface area (Å²) in [6, 6.07) is 4.00. The average molecular weight is 442 g/mol. The van der Waals surface area contributed by atoms with Gasteiger partial charge in [-0.1, -0.05) is 11.6 Å². The number of amides is 1. The standard InChI is InChI=1S/C22H28ClN7O/c1-22(2,30-14-16(23)12-24-30)21-25-17-7-8-18(26-19(17)27-21)29-11-5-6-15(13-29)20(31)28-9-3-4-10-28/h7-8,12,14-15H,3-6,9-11,13H2,1-2H3,(H,25,26,27). The van der Waals surface area contributed by atoms with Crippen molar-refractivity contribution in [2.45, 2.75) is 45.1 Å². The summed E-state index contributed by atoms with van der Waals surface area (Å²) in [5, 5.41) is 4.93. The largest absolute Gasteiger partial charge is 0.356 e. The van der Waals surface area contributed by atoms with Gasteiger partial charge in [-0.25, -0.2) is 9.97 Å². The van der Waals surface area contributed by atoms with Gasteiger partial charge >= 0.3 is 0 Å². The number of hydrogen-bond acceptors (Lipinski definition) is 5. The number of rotatable bonds is 4. The number of nitrogens with one attached hydrogen (secondary N) is 1. The van der Waals surface area contributed by atoms with Gasteiger partial charge in [-0.2, -0.15) is 5.10 Å². The van der Waals surface area contributed by atoms with E-state index in [4.69, 9.17) is 21.6 Å². The van der Waals surface area contributed by atoms with Crippen LogP contribution in [-0.4, -0.2) is 61.7 Å². The van der Waals surface area contributed by atoms with Crippen molar-refractivity contribution in [3.63, 3.8) is 0 Å². The van der Waals surface area contributed by atoms with Crippen molar-refractivity contribution in [2.75, 3.05) is 31.1 Å². The molecule has 0 aliphatic carbocycles. The highest BCUT2D eigenvalue weighted by Gasteiger charge is 2.32. The molecule has 2 aliphatic rings. The minimum Gasteiger partial charge on any atom is -0.356 e. The number of fused-ring (bicyclic) bond motifs is 1. The molecule has 1 N–H and O–H groups in total. The third kappa shape index (κ3) is 3.78. The first-order valence-electron chi connectivity index (χ1n) is 11.0. The smallest absolute Gasteiger partial charge is 0.227 e. The molecule has 3 aromatic rings. The summed E-state index contributed by atoms with van der Waals surface area (Å²) in [4.78, 5) is 30.1. The SMILES string of the molecule is CC(C)(c1nc2ccc(N3CCCC(C(=O)N4CCCC4)C3)nc2[nH]1)n1cc(Cl)cn1. The van der Waals surface area contributed by atoms with Crippen LogP contribution in [-0.2, 0) is 10.3 Å². The Hall–Kier alpha value is -2.61. The Morgan fingerprint density at radius 2 is 1.97 bits per heavy atom. The molecule has 1 amide bonds. The van der Waals surface area contributed by atoms with E-state index in [-0.39, 0.29) is 5.92 Å². The highest BCUT2D eigenvalue weighted by Crippen LogP contribution is 2.28. The summed E-state index contributed by atoms with van der Waals surface area (Å²) in [5.41, 5.74) is 1.06. The second kappa shape index (κ2) is 7.82. The molecule has 2 saturated heterocycles. The zero-order valence-corrected chi connectivity index (χ0v) is 18.8. The summed E-state index contributed by atoms with van der Waals surface area (Å²) in [6.07, 6.45) is 7.64. The second-order valence-corrected chi connectivity index (χ2v) is 9.54. The molecular weight excluding hydrogens is 414 g/mol. The number of H-pyrrole nitrogens is 1. The Morgan fingerprint density at radius 1 is 1.16 bits per heavy atom. The lowest BCUT2D eigenvalue weighted by molar-refractivity contribution is -0.134. The van der Waals surface area contributed by atoms with Crippen molar-refractivity contribution in [1.29, 1.82) is 0 Å². The van der Waals surface area contributed by atoms with E-state index < -0.39 is 5.54 Å². The molecule has 3 aromatic heterocycles. The summed E-state index contributed by atoms with van der Waals surface area (Å²) >= 11 is 6.06. The van der Waals surface area contributed by atoms with Crippen LogP contribution in [0.15, 0.2) is 24.5 Å². The van der Waals surface area contributed by atoms with Gasteiger partial charge in [0.2, 0.25) is 5.91 Å². The number of pyridine rings is 1. The Morgan fingerprint density at radius 3 is 2.71 bits per heavy atom. The zero-order valence-electron chi connectivity index (χ0n) is 18.0. The molecule has 0 saturated carbocycles. The first kappa shape index (κ1) is 20.3. The maximum Gasteiger partial charge on any atom is 0.227 e. The van der Waals surface area contributed by atoms with Gasteiger partial charge in [-0.05, 0) is 51.7 Å². The Balaban J connectivity index is 1.38. The van der Waals surface area contributed by atoms with Gasteiger partial charge in [0.05, 0.1) is 17.1 Å². The molecule has 164 valence electrons. The molecule has 2 aliphatic heterocycles. The highest BCUT2D eigenvalue weighted by molar-refractivity contribution is 6.30. The molecular formula is C22H28ClN7O. The van der Waals surface area contributed by atoms with Crippen molar-refractivity contribution in [3.05, 3.63) is 35.4 Å². The van der Waals surface area contributed by atoms with Gasteiger partial charge in [0.15, 0.2) is 5.65 Å². The number of anilines is 1. The van der Waals surface area contributed by atoms with Crippen molar-refractivity contribution in [2.24, 2.45) is 5.92 Å². The van der Waals surface area contributed by atoms with E-state index in [2.05, 4.69) is 15.0 Å². The summed E-state index contributed by atoms with van der Waals surface area (Å²) in [7, 11) is 0. The van der Waals surface area contributed by atoms with E-state index in [1.165, 1.54) is 0 Å². The van der Waals surface area contributed by atoms with E-state index in [0.717, 1.165) is 74.7 Å². The number of aromatic nitrogens is 5. The Labute approximate surface area is 186 Å². The van der Waals surface area contributed by atoms with E-state index in [9.17, 15) is 4.79 Å². The van der Waals surface area contributed by atoms with Crippen molar-refractivity contribution in [3.8, 4) is 0 Å². The van der Waals surface area contributed by atoms with Gasteiger partial charge < -0.3 is 14.8 Å². The lowest BCUT2D eigenvalue weighted by Crippen LogP contribution is -2.44. The van der Waals surface area contributed by atoms with E-state index >= 15 is 0 Å². The summed E-state index contributed by atoms with van der Waals surface area (Å²) in [5.74, 6) is 2.03. The summed E-state index contributed by atoms with van der Waals surface area (Å²) < 4.78 is 1.80. The van der Waals surface area contributed by atoms with Gasteiger partial charge in [0.25, 0.3) is 0 Å². The molecule has 31 heavy (non-hydrogen) atoms. The third-order valence-corrected chi connectivity index (χ3v) is 6.74. The molecule has 0 bridgehead atoms. The number of piperidine rings is 1. The molecule has 8 nitrogen and oxygen atoms in total. The van der Waals surface area contributed by atoms with Gasteiger partial charge in [-0.15, -0.1) is 0 Å². The van der Waals surface area contributed by atoms with Crippen LogP contribution in [0.1, 0.15) is 45.4 Å². The summed E-state index contributed by atoms with van der Waals surface area (Å²) in [6.45, 7) is 7.54. The molecule has 5 rings (SSSR count). The number of halogens is 1. The first-order valence-corrected chi connectivity index (χ1v) is 11.4. The normalized spacial score (nSPS) is 20.0. The lowest BCUT2D eigenvalue weighted by atomic mass is 9.96. The average Bonchev–Trinajstić information content (AvgIpc) is 3.53. The van der Waals surface area contributed by atoms with Crippen LogP contribution in [0.25, 0.3) is 11.2 Å². The van der Waals surface area contributed by atoms with Crippen LogP contribution in [0.2, 0.25) is 5.02 Å². The monoisotopic (exact) mass is 441 g/mol. The van der Waals surface area contributed by atoms with Crippen molar-refractivity contribution >= 4 is 34.5 Å². The minimum atomic E-state index is -0.494. The molecule has 5 heterocycles. The molecule has 0 spiro atoms.